The van der Waals surface area contributed by atoms with Gasteiger partial charge in [0.1, 0.15) is 6.29 Å². The van der Waals surface area contributed by atoms with Crippen LogP contribution >= 0.6 is 0 Å². The lowest BCUT2D eigenvalue weighted by Gasteiger charge is -2.56. The summed E-state index contributed by atoms with van der Waals surface area (Å²) in [6.07, 6.45) is 14.4. The number of hydrogen-bond acceptors (Lipinski definition) is 1. The predicted octanol–water partition coefficient (Wildman–Crippen LogP) is 5.73. The summed E-state index contributed by atoms with van der Waals surface area (Å²) in [6.45, 7) is 7.21. The minimum atomic E-state index is 0.272. The second kappa shape index (κ2) is 5.88. The van der Waals surface area contributed by atoms with E-state index in [1.54, 1.807) is 0 Å². The molecule has 0 aliphatic heterocycles. The number of carbonyl (C=O) groups is 1. The van der Waals surface area contributed by atoms with Gasteiger partial charge in [0.05, 0.1) is 0 Å². The molecule has 0 radical (unpaired) electrons. The Bertz CT molecular complexity index is 457. The second-order valence-corrected chi connectivity index (χ2v) is 10.1. The molecule has 23 heavy (non-hydrogen) atoms. The molecule has 0 saturated heterocycles. The van der Waals surface area contributed by atoms with Gasteiger partial charge in [-0.15, -0.1) is 0 Å². The maximum absolute atomic E-state index is 11.4. The molecule has 0 bridgehead atoms. The van der Waals surface area contributed by atoms with Crippen molar-refractivity contribution in [3.05, 3.63) is 0 Å². The monoisotopic (exact) mass is 316 g/mol. The molecule has 9 unspecified atom stereocenters. The Morgan fingerprint density at radius 3 is 2.52 bits per heavy atom. The number of rotatable bonds is 2. The summed E-state index contributed by atoms with van der Waals surface area (Å²) in [7, 11) is 0. The third-order valence-corrected chi connectivity index (χ3v) is 9.14. The van der Waals surface area contributed by atoms with Crippen molar-refractivity contribution in [3.8, 4) is 0 Å². The van der Waals surface area contributed by atoms with Gasteiger partial charge < -0.3 is 4.79 Å². The minimum Gasteiger partial charge on any atom is -0.303 e. The maximum atomic E-state index is 11.4. The molecule has 4 aliphatic rings. The lowest BCUT2D eigenvalue weighted by atomic mass is 9.49. The Morgan fingerprint density at radius 1 is 0.957 bits per heavy atom. The van der Waals surface area contributed by atoms with Crippen LogP contribution in [0.25, 0.3) is 0 Å². The normalized spacial score (nSPS) is 53.8. The molecule has 0 aromatic heterocycles. The fourth-order valence-corrected chi connectivity index (χ4v) is 8.09. The van der Waals surface area contributed by atoms with Gasteiger partial charge in [-0.3, -0.25) is 0 Å². The smallest absolute Gasteiger partial charge is 0.123 e. The van der Waals surface area contributed by atoms with Crippen molar-refractivity contribution in [1.29, 1.82) is 0 Å². The van der Waals surface area contributed by atoms with Crippen LogP contribution in [-0.4, -0.2) is 6.29 Å². The van der Waals surface area contributed by atoms with Gasteiger partial charge in [-0.05, 0) is 98.2 Å². The molecule has 0 heterocycles. The summed E-state index contributed by atoms with van der Waals surface area (Å²) in [5, 5.41) is 0. The van der Waals surface area contributed by atoms with E-state index in [1.807, 2.05) is 0 Å². The zero-order valence-corrected chi connectivity index (χ0v) is 15.5. The zero-order valence-electron chi connectivity index (χ0n) is 15.5. The van der Waals surface area contributed by atoms with Gasteiger partial charge in [0.25, 0.3) is 0 Å². The predicted molar refractivity (Wildman–Crippen MR) is 95.0 cm³/mol. The second-order valence-electron chi connectivity index (χ2n) is 10.1. The first-order chi connectivity index (χ1) is 11.0. The highest BCUT2D eigenvalue weighted by atomic mass is 16.1. The van der Waals surface area contributed by atoms with Gasteiger partial charge in [0, 0.05) is 5.92 Å². The van der Waals surface area contributed by atoms with Crippen molar-refractivity contribution >= 4 is 6.29 Å². The lowest BCUT2D eigenvalue weighted by molar-refractivity contribution is -0.116. The third kappa shape index (κ3) is 2.44. The average Bonchev–Trinajstić information content (AvgIpc) is 2.90. The van der Waals surface area contributed by atoms with E-state index in [0.29, 0.717) is 11.3 Å². The molecule has 0 aromatic rings. The summed E-state index contributed by atoms with van der Waals surface area (Å²) in [4.78, 5) is 11.4. The Labute approximate surface area is 143 Å². The van der Waals surface area contributed by atoms with Crippen LogP contribution in [-0.2, 0) is 4.79 Å². The molecule has 4 fully saturated rings. The van der Waals surface area contributed by atoms with E-state index in [4.69, 9.17) is 0 Å². The standard InChI is InChI=1S/C22H36O/c1-14-4-6-17-16(12-14)5-7-19-18(17)10-11-22(3)20(15(2)13-23)8-9-21(19)22/h13-21H,4-12H2,1-3H3. The van der Waals surface area contributed by atoms with E-state index in [0.717, 1.165) is 35.5 Å². The van der Waals surface area contributed by atoms with Crippen LogP contribution in [0.5, 0.6) is 0 Å². The van der Waals surface area contributed by atoms with Gasteiger partial charge in [0.15, 0.2) is 0 Å². The number of carbonyl (C=O) groups excluding carboxylic acids is 1. The molecule has 0 amide bonds. The first-order valence-corrected chi connectivity index (χ1v) is 10.5. The van der Waals surface area contributed by atoms with Crippen LogP contribution in [0.3, 0.4) is 0 Å². The molecule has 4 saturated carbocycles. The fraction of sp³-hybridized carbons (Fsp3) is 0.955. The number of hydrogen-bond donors (Lipinski definition) is 0. The Kier molecular flexibility index (Phi) is 4.13. The molecule has 1 nitrogen and oxygen atoms in total. The van der Waals surface area contributed by atoms with Gasteiger partial charge in [-0.1, -0.05) is 27.2 Å². The highest BCUT2D eigenvalue weighted by Gasteiger charge is 2.57. The van der Waals surface area contributed by atoms with Gasteiger partial charge in [-0.2, -0.15) is 0 Å². The van der Waals surface area contributed by atoms with Crippen molar-refractivity contribution in [3.63, 3.8) is 0 Å². The van der Waals surface area contributed by atoms with Crippen molar-refractivity contribution in [2.24, 2.45) is 52.8 Å². The first kappa shape index (κ1) is 16.2. The molecular weight excluding hydrogens is 280 g/mol. The largest absolute Gasteiger partial charge is 0.303 e. The van der Waals surface area contributed by atoms with Crippen LogP contribution in [0.1, 0.15) is 78.6 Å². The van der Waals surface area contributed by atoms with Crippen LogP contribution in [0.4, 0.5) is 0 Å². The van der Waals surface area contributed by atoms with Gasteiger partial charge >= 0.3 is 0 Å². The Balaban J connectivity index is 1.55. The number of fused-ring (bicyclic) bond motifs is 5. The summed E-state index contributed by atoms with van der Waals surface area (Å²) in [6, 6.07) is 0. The van der Waals surface area contributed by atoms with E-state index in [1.165, 1.54) is 64.1 Å². The summed E-state index contributed by atoms with van der Waals surface area (Å²) in [5.41, 5.74) is 0.469. The molecule has 1 heteroatoms. The molecule has 4 rings (SSSR count). The van der Waals surface area contributed by atoms with E-state index in [2.05, 4.69) is 20.8 Å². The third-order valence-electron chi connectivity index (χ3n) is 9.14. The van der Waals surface area contributed by atoms with Crippen LogP contribution in [0.2, 0.25) is 0 Å². The molecule has 0 N–H and O–H groups in total. The molecule has 130 valence electrons. The highest BCUT2D eigenvalue weighted by Crippen LogP contribution is 2.65. The van der Waals surface area contributed by atoms with E-state index < -0.39 is 0 Å². The van der Waals surface area contributed by atoms with Gasteiger partial charge in [0.2, 0.25) is 0 Å². The Hall–Kier alpha value is -0.330. The molecular formula is C22H36O. The maximum Gasteiger partial charge on any atom is 0.123 e. The van der Waals surface area contributed by atoms with Crippen molar-refractivity contribution in [2.75, 3.05) is 0 Å². The highest BCUT2D eigenvalue weighted by molar-refractivity contribution is 5.53. The molecule has 0 aromatic carbocycles. The van der Waals surface area contributed by atoms with Crippen LogP contribution in [0, 0.1) is 52.8 Å². The van der Waals surface area contributed by atoms with Crippen molar-refractivity contribution < 1.29 is 4.79 Å². The lowest BCUT2D eigenvalue weighted by Crippen LogP contribution is -2.49. The van der Waals surface area contributed by atoms with Crippen LogP contribution < -0.4 is 0 Å². The van der Waals surface area contributed by atoms with Crippen molar-refractivity contribution in [2.45, 2.75) is 78.6 Å². The quantitative estimate of drug-likeness (QED) is 0.595. The molecule has 9 atom stereocenters. The van der Waals surface area contributed by atoms with Gasteiger partial charge in [-0.25, -0.2) is 0 Å². The minimum absolute atomic E-state index is 0.272. The SMILES string of the molecule is CC1CCC2C(CCC3C2CCC2(C)C(C(C)C=O)CCC32)C1. The summed E-state index contributed by atoms with van der Waals surface area (Å²) in [5.74, 6) is 6.97. The average molecular weight is 317 g/mol. The topological polar surface area (TPSA) is 17.1 Å². The summed E-state index contributed by atoms with van der Waals surface area (Å²) < 4.78 is 0. The summed E-state index contributed by atoms with van der Waals surface area (Å²) >= 11 is 0. The molecule has 4 aliphatic carbocycles. The fourth-order valence-electron chi connectivity index (χ4n) is 8.09. The Morgan fingerprint density at radius 2 is 1.74 bits per heavy atom. The molecule has 0 spiro atoms. The van der Waals surface area contributed by atoms with Crippen molar-refractivity contribution in [1.82, 2.24) is 0 Å². The van der Waals surface area contributed by atoms with E-state index in [-0.39, 0.29) is 5.92 Å². The first-order valence-electron chi connectivity index (χ1n) is 10.5. The zero-order chi connectivity index (χ0) is 16.2. The van der Waals surface area contributed by atoms with Crippen LogP contribution in [0.15, 0.2) is 0 Å². The van der Waals surface area contributed by atoms with E-state index in [9.17, 15) is 4.79 Å². The number of aldehydes is 1. The van der Waals surface area contributed by atoms with E-state index >= 15 is 0 Å².